The van der Waals surface area contributed by atoms with E-state index < -0.39 is 17.9 Å². The number of fused-ring (bicyclic) bond motifs is 2. The first-order valence-electron chi connectivity index (χ1n) is 10.4. The number of esters is 1. The molecular weight excluding hydrogens is 390 g/mol. The van der Waals surface area contributed by atoms with Crippen molar-refractivity contribution in [1.29, 1.82) is 0 Å². The molecule has 0 radical (unpaired) electrons. The zero-order valence-corrected chi connectivity index (χ0v) is 18.0. The van der Waals surface area contributed by atoms with Gasteiger partial charge in [0.25, 0.3) is 5.24 Å². The van der Waals surface area contributed by atoms with Gasteiger partial charge in [-0.2, -0.15) is 0 Å². The Labute approximate surface area is 176 Å². The van der Waals surface area contributed by atoms with Crippen molar-refractivity contribution in [3.8, 4) is 0 Å². The maximum absolute atomic E-state index is 12.4. The second-order valence-electron chi connectivity index (χ2n) is 8.28. The SMILES string of the molecule is C/C1=C/C(=O)O[C@@H]2C[C@@H](CC[C@H](C)/C=C\C=C/CC1)O[C@@](O)([C@@H]1CSC(=O)N1)C2. The summed E-state index contributed by atoms with van der Waals surface area (Å²) in [5.41, 5.74) is 0.961. The monoisotopic (exact) mass is 421 g/mol. The van der Waals surface area contributed by atoms with E-state index in [2.05, 4.69) is 30.5 Å². The van der Waals surface area contributed by atoms with E-state index in [1.807, 2.05) is 13.0 Å². The van der Waals surface area contributed by atoms with Crippen LogP contribution in [0.1, 0.15) is 52.4 Å². The topological polar surface area (TPSA) is 84.9 Å². The Balaban J connectivity index is 1.78. The molecule has 0 unspecified atom stereocenters. The van der Waals surface area contributed by atoms with Crippen molar-refractivity contribution in [3.05, 3.63) is 36.0 Å². The summed E-state index contributed by atoms with van der Waals surface area (Å²) in [4.78, 5) is 24.0. The number of carbonyl (C=O) groups excluding carboxylic acids is 2. The van der Waals surface area contributed by atoms with E-state index in [4.69, 9.17) is 9.47 Å². The van der Waals surface area contributed by atoms with Crippen molar-refractivity contribution < 1.29 is 24.2 Å². The summed E-state index contributed by atoms with van der Waals surface area (Å²) in [6.07, 6.45) is 13.2. The Kier molecular flexibility index (Phi) is 7.60. The molecule has 2 N–H and O–H groups in total. The van der Waals surface area contributed by atoms with Gasteiger partial charge in [-0.25, -0.2) is 4.79 Å². The average Bonchev–Trinajstić information content (AvgIpc) is 3.09. The van der Waals surface area contributed by atoms with Gasteiger partial charge in [0.05, 0.1) is 12.1 Å². The zero-order valence-electron chi connectivity index (χ0n) is 17.1. The Morgan fingerprint density at radius 3 is 2.83 bits per heavy atom. The van der Waals surface area contributed by atoms with Crippen molar-refractivity contribution in [3.63, 3.8) is 0 Å². The van der Waals surface area contributed by atoms with E-state index in [1.54, 1.807) is 0 Å². The maximum atomic E-state index is 12.4. The highest BCUT2D eigenvalue weighted by Crippen LogP contribution is 2.36. The number of allylic oxidation sites excluding steroid dienone is 5. The van der Waals surface area contributed by atoms with Gasteiger partial charge in [-0.05, 0) is 38.5 Å². The fourth-order valence-electron chi connectivity index (χ4n) is 3.96. The van der Waals surface area contributed by atoms with Crippen molar-refractivity contribution >= 4 is 23.0 Å². The number of rotatable bonds is 1. The molecule has 7 heteroatoms. The van der Waals surface area contributed by atoms with E-state index >= 15 is 0 Å². The van der Waals surface area contributed by atoms with Crippen LogP contribution in [0.2, 0.25) is 0 Å². The van der Waals surface area contributed by atoms with Gasteiger partial charge in [-0.15, -0.1) is 0 Å². The number of carbonyl (C=O) groups is 2. The van der Waals surface area contributed by atoms with E-state index in [0.717, 1.165) is 43.0 Å². The number of nitrogens with one attached hydrogen (secondary N) is 1. The largest absolute Gasteiger partial charge is 0.459 e. The Bertz CT molecular complexity index is 703. The van der Waals surface area contributed by atoms with E-state index in [1.165, 1.54) is 6.08 Å². The lowest BCUT2D eigenvalue weighted by molar-refractivity contribution is -0.283. The maximum Gasteiger partial charge on any atom is 0.330 e. The first-order chi connectivity index (χ1) is 13.8. The van der Waals surface area contributed by atoms with Crippen LogP contribution in [-0.2, 0) is 14.3 Å². The molecular formula is C22H31NO5S. The third kappa shape index (κ3) is 6.46. The predicted octanol–water partition coefficient (Wildman–Crippen LogP) is 3.86. The van der Waals surface area contributed by atoms with Crippen molar-refractivity contribution in [2.45, 2.75) is 76.4 Å². The number of thioether (sulfide) groups is 1. The number of hydrogen-bond donors (Lipinski definition) is 2. The number of aliphatic hydroxyl groups is 1. The molecule has 2 saturated heterocycles. The summed E-state index contributed by atoms with van der Waals surface area (Å²) in [6.45, 7) is 4.07. The van der Waals surface area contributed by atoms with Crippen molar-refractivity contribution in [1.82, 2.24) is 5.32 Å². The lowest BCUT2D eigenvalue weighted by Crippen LogP contribution is -2.58. The minimum Gasteiger partial charge on any atom is -0.459 e. The Hall–Kier alpha value is -1.57. The minimum atomic E-state index is -1.53. The Morgan fingerprint density at radius 1 is 1.24 bits per heavy atom. The highest BCUT2D eigenvalue weighted by molar-refractivity contribution is 8.14. The van der Waals surface area contributed by atoms with Crippen LogP contribution in [0.25, 0.3) is 0 Å². The highest BCUT2D eigenvalue weighted by atomic mass is 32.2. The second-order valence-corrected chi connectivity index (χ2v) is 9.27. The third-order valence-electron chi connectivity index (χ3n) is 5.62. The molecule has 0 aliphatic carbocycles. The fraction of sp³-hybridized carbons (Fsp3) is 0.636. The highest BCUT2D eigenvalue weighted by Gasteiger charge is 2.49. The second kappa shape index (κ2) is 9.96. The average molecular weight is 422 g/mol. The molecule has 2 bridgehead atoms. The van der Waals surface area contributed by atoms with Crippen LogP contribution in [0.15, 0.2) is 36.0 Å². The molecule has 0 aromatic carbocycles. The summed E-state index contributed by atoms with van der Waals surface area (Å²) in [5, 5.41) is 13.8. The summed E-state index contributed by atoms with van der Waals surface area (Å²) in [6, 6.07) is -0.505. The van der Waals surface area contributed by atoms with Crippen LogP contribution < -0.4 is 5.32 Å². The fourth-order valence-corrected chi connectivity index (χ4v) is 4.85. The van der Waals surface area contributed by atoms with E-state index in [-0.39, 0.29) is 23.7 Å². The summed E-state index contributed by atoms with van der Waals surface area (Å²) in [7, 11) is 0. The lowest BCUT2D eigenvalue weighted by atomic mass is 9.90. The minimum absolute atomic E-state index is 0.159. The molecule has 0 saturated carbocycles. The van der Waals surface area contributed by atoms with Gasteiger partial charge < -0.3 is 19.9 Å². The molecule has 0 aromatic heterocycles. The molecule has 29 heavy (non-hydrogen) atoms. The lowest BCUT2D eigenvalue weighted by Gasteiger charge is -2.43. The summed E-state index contributed by atoms with van der Waals surface area (Å²) in [5.74, 6) is -1.10. The summed E-state index contributed by atoms with van der Waals surface area (Å²) < 4.78 is 11.8. The zero-order chi connectivity index (χ0) is 20.9. The van der Waals surface area contributed by atoms with Gasteiger partial charge in [0.1, 0.15) is 6.10 Å². The van der Waals surface area contributed by atoms with E-state index in [9.17, 15) is 14.7 Å². The van der Waals surface area contributed by atoms with E-state index in [0.29, 0.717) is 18.1 Å². The van der Waals surface area contributed by atoms with Crippen LogP contribution in [0, 0.1) is 5.92 Å². The van der Waals surface area contributed by atoms with Gasteiger partial charge in [0, 0.05) is 24.7 Å². The molecule has 3 rings (SSSR count). The van der Waals surface area contributed by atoms with Crippen LogP contribution in [-0.4, -0.2) is 46.1 Å². The van der Waals surface area contributed by atoms with Gasteiger partial charge >= 0.3 is 5.97 Å². The molecule has 0 spiro atoms. The summed E-state index contributed by atoms with van der Waals surface area (Å²) >= 11 is 1.14. The standard InChI is InChI=1S/C22H31NO5S/c1-15-7-5-3-4-6-8-16(2)11-20(24)27-18-12-17(10-9-15)28-22(26,13-18)19-14-29-21(25)23-19/h3-5,7,11,15,17-19,26H,6,8-10,12-14H2,1-2H3,(H,23,25)/b4-3-,7-5-,16-11-/t15-,17-,18-,19+,22-/m1/s1. The molecule has 5 atom stereocenters. The van der Waals surface area contributed by atoms with Gasteiger partial charge in [0.2, 0.25) is 0 Å². The Morgan fingerprint density at radius 2 is 2.07 bits per heavy atom. The molecule has 6 nitrogen and oxygen atoms in total. The van der Waals surface area contributed by atoms with Crippen LogP contribution in [0.3, 0.4) is 0 Å². The van der Waals surface area contributed by atoms with Crippen LogP contribution >= 0.6 is 11.8 Å². The molecule has 1 amide bonds. The quantitative estimate of drug-likeness (QED) is 0.626. The molecule has 3 aliphatic heterocycles. The first kappa shape index (κ1) is 22.1. The van der Waals surface area contributed by atoms with Gasteiger partial charge in [-0.3, -0.25) is 4.79 Å². The van der Waals surface area contributed by atoms with Crippen LogP contribution in [0.5, 0.6) is 0 Å². The van der Waals surface area contributed by atoms with Crippen molar-refractivity contribution in [2.24, 2.45) is 5.92 Å². The third-order valence-corrected chi connectivity index (χ3v) is 6.50. The van der Waals surface area contributed by atoms with Crippen LogP contribution in [0.4, 0.5) is 4.79 Å². The molecule has 0 aromatic rings. The smallest absolute Gasteiger partial charge is 0.330 e. The predicted molar refractivity (Wildman–Crippen MR) is 113 cm³/mol. The number of amides is 1. The molecule has 3 heterocycles. The molecule has 3 aliphatic rings. The number of hydrogen-bond acceptors (Lipinski definition) is 6. The van der Waals surface area contributed by atoms with Gasteiger partial charge in [-0.1, -0.05) is 48.6 Å². The van der Waals surface area contributed by atoms with Gasteiger partial charge in [0.15, 0.2) is 5.79 Å². The molecule has 2 fully saturated rings. The number of ether oxygens (including phenoxy) is 2. The first-order valence-corrected chi connectivity index (χ1v) is 11.4. The molecule has 160 valence electrons. The normalized spacial score (nSPS) is 41.0. The van der Waals surface area contributed by atoms with Crippen molar-refractivity contribution in [2.75, 3.05) is 5.75 Å².